The second kappa shape index (κ2) is 7.97. The third-order valence-corrected chi connectivity index (χ3v) is 5.20. The van der Waals surface area contributed by atoms with Crippen LogP contribution in [0, 0.1) is 20.8 Å². The van der Waals surface area contributed by atoms with Gasteiger partial charge in [-0.3, -0.25) is 4.79 Å². The molecular weight excluding hydrogens is 336 g/mol. The summed E-state index contributed by atoms with van der Waals surface area (Å²) in [5.74, 6) is 0.00916. The maximum Gasteiger partial charge on any atom is 0.224 e. The molecule has 0 saturated carbocycles. The summed E-state index contributed by atoms with van der Waals surface area (Å²) < 4.78 is 5.64. The second-order valence-electron chi connectivity index (χ2n) is 7.56. The molecule has 3 aromatic rings. The first-order valence-electron chi connectivity index (χ1n) is 9.32. The van der Waals surface area contributed by atoms with Crippen molar-refractivity contribution >= 4 is 16.9 Å². The molecule has 1 aromatic heterocycles. The van der Waals surface area contributed by atoms with Gasteiger partial charge in [0.25, 0.3) is 0 Å². The van der Waals surface area contributed by atoms with Crippen molar-refractivity contribution in [2.45, 2.75) is 33.2 Å². The molecule has 142 valence electrons. The van der Waals surface area contributed by atoms with Gasteiger partial charge in [0.1, 0.15) is 5.58 Å². The zero-order valence-corrected chi connectivity index (χ0v) is 16.8. The number of hydrogen-bond donors (Lipinski definition) is 1. The van der Waals surface area contributed by atoms with Crippen molar-refractivity contribution in [1.29, 1.82) is 0 Å². The number of likely N-dealkylation sites (N-methyl/N-ethyl adjacent to an activating group) is 1. The number of fused-ring (bicyclic) bond motifs is 1. The molecule has 4 heteroatoms. The monoisotopic (exact) mass is 364 g/mol. The van der Waals surface area contributed by atoms with Gasteiger partial charge >= 0.3 is 0 Å². The number of carbonyl (C=O) groups excluding carboxylic acids is 1. The van der Waals surface area contributed by atoms with Crippen LogP contribution in [0.2, 0.25) is 0 Å². The van der Waals surface area contributed by atoms with Crippen molar-refractivity contribution in [3.8, 4) is 0 Å². The van der Waals surface area contributed by atoms with Gasteiger partial charge in [0, 0.05) is 17.5 Å². The van der Waals surface area contributed by atoms with Crippen LogP contribution >= 0.6 is 0 Å². The van der Waals surface area contributed by atoms with Gasteiger partial charge in [-0.2, -0.15) is 0 Å². The summed E-state index contributed by atoms with van der Waals surface area (Å²) >= 11 is 0. The zero-order chi connectivity index (χ0) is 19.6. The Hall–Kier alpha value is -2.59. The fraction of sp³-hybridized carbons (Fsp3) is 0.348. The van der Waals surface area contributed by atoms with E-state index < -0.39 is 0 Å². The van der Waals surface area contributed by atoms with Crippen molar-refractivity contribution in [1.82, 2.24) is 10.2 Å². The topological polar surface area (TPSA) is 45.5 Å². The van der Waals surface area contributed by atoms with Gasteiger partial charge in [-0.25, -0.2) is 0 Å². The third-order valence-electron chi connectivity index (χ3n) is 5.20. The lowest BCUT2D eigenvalue weighted by molar-refractivity contribution is -0.120. The number of hydrogen-bond acceptors (Lipinski definition) is 3. The van der Waals surface area contributed by atoms with Gasteiger partial charge in [-0.1, -0.05) is 29.8 Å². The number of nitrogens with zero attached hydrogens (tertiary/aromatic N) is 1. The fourth-order valence-electron chi connectivity index (χ4n) is 3.31. The van der Waals surface area contributed by atoms with E-state index in [-0.39, 0.29) is 11.9 Å². The first-order chi connectivity index (χ1) is 12.8. The van der Waals surface area contributed by atoms with E-state index in [1.165, 1.54) is 22.3 Å². The van der Waals surface area contributed by atoms with Gasteiger partial charge in [0.2, 0.25) is 5.91 Å². The second-order valence-corrected chi connectivity index (χ2v) is 7.56. The molecule has 1 N–H and O–H groups in total. The van der Waals surface area contributed by atoms with Crippen molar-refractivity contribution in [2.24, 2.45) is 0 Å². The highest BCUT2D eigenvalue weighted by Gasteiger charge is 2.17. The van der Waals surface area contributed by atoms with E-state index in [0.717, 1.165) is 16.5 Å². The van der Waals surface area contributed by atoms with Gasteiger partial charge in [-0.15, -0.1) is 0 Å². The van der Waals surface area contributed by atoms with E-state index in [2.05, 4.69) is 61.3 Å². The van der Waals surface area contributed by atoms with Crippen LogP contribution in [0.25, 0.3) is 11.0 Å². The lowest BCUT2D eigenvalue weighted by Gasteiger charge is -2.25. The summed E-state index contributed by atoms with van der Waals surface area (Å²) in [5, 5.41) is 4.11. The summed E-state index contributed by atoms with van der Waals surface area (Å²) in [7, 11) is 4.07. The van der Waals surface area contributed by atoms with Gasteiger partial charge in [-0.05, 0) is 63.7 Å². The number of nitrogens with one attached hydrogen (secondary N) is 1. The first-order valence-corrected chi connectivity index (χ1v) is 9.32. The molecule has 0 fully saturated rings. The highest BCUT2D eigenvalue weighted by Crippen LogP contribution is 2.25. The number of rotatable bonds is 6. The molecule has 1 atom stereocenters. The molecule has 2 aromatic carbocycles. The van der Waals surface area contributed by atoms with Gasteiger partial charge in [0.05, 0.1) is 18.7 Å². The van der Waals surface area contributed by atoms with Crippen molar-refractivity contribution < 1.29 is 9.21 Å². The quantitative estimate of drug-likeness (QED) is 0.708. The summed E-state index contributed by atoms with van der Waals surface area (Å²) in [6, 6.07) is 12.7. The fourth-order valence-corrected chi connectivity index (χ4v) is 3.31. The minimum atomic E-state index is 0.00916. The number of carbonyl (C=O) groups is 1. The van der Waals surface area contributed by atoms with Crippen LogP contribution < -0.4 is 5.32 Å². The molecule has 27 heavy (non-hydrogen) atoms. The SMILES string of the molecule is Cc1ccc(C(CNC(=O)Cc2coc3cc(C)c(C)cc23)N(C)C)cc1. The Morgan fingerprint density at radius 1 is 1.07 bits per heavy atom. The predicted octanol–water partition coefficient (Wildman–Crippen LogP) is 4.32. The minimum absolute atomic E-state index is 0.00916. The number of benzene rings is 2. The summed E-state index contributed by atoms with van der Waals surface area (Å²) in [6.07, 6.45) is 2.02. The molecule has 0 aliphatic carbocycles. The molecule has 0 bridgehead atoms. The van der Waals surface area contributed by atoms with Crippen molar-refractivity contribution in [3.63, 3.8) is 0 Å². The standard InChI is InChI=1S/C23H28N2O2/c1-15-6-8-18(9-7-15)21(25(4)5)13-24-23(26)12-19-14-27-22-11-17(3)16(2)10-20(19)22/h6-11,14,21H,12-13H2,1-5H3,(H,24,26). The van der Waals surface area contributed by atoms with Gasteiger partial charge < -0.3 is 14.6 Å². The van der Waals surface area contributed by atoms with Crippen molar-refractivity contribution in [2.75, 3.05) is 20.6 Å². The maximum atomic E-state index is 12.5. The van der Waals surface area contributed by atoms with E-state index in [1.807, 2.05) is 20.2 Å². The minimum Gasteiger partial charge on any atom is -0.464 e. The van der Waals surface area contributed by atoms with E-state index in [4.69, 9.17) is 4.42 Å². The van der Waals surface area contributed by atoms with Crippen LogP contribution in [0.4, 0.5) is 0 Å². The Labute approximate surface area is 161 Å². The van der Waals surface area contributed by atoms with Crippen LogP contribution in [0.1, 0.15) is 33.9 Å². The molecule has 1 heterocycles. The highest BCUT2D eigenvalue weighted by molar-refractivity contribution is 5.88. The normalized spacial score (nSPS) is 12.5. The van der Waals surface area contributed by atoms with Crippen LogP contribution in [0.3, 0.4) is 0 Å². The molecule has 0 spiro atoms. The number of aryl methyl sites for hydroxylation is 3. The molecule has 1 unspecified atom stereocenters. The Morgan fingerprint density at radius 2 is 1.74 bits per heavy atom. The van der Waals surface area contributed by atoms with Crippen LogP contribution in [-0.2, 0) is 11.2 Å². The average Bonchev–Trinajstić information content (AvgIpc) is 2.98. The van der Waals surface area contributed by atoms with Crippen molar-refractivity contribution in [3.05, 3.63) is 70.5 Å². The lowest BCUT2D eigenvalue weighted by atomic mass is 10.0. The smallest absolute Gasteiger partial charge is 0.224 e. The van der Waals surface area contributed by atoms with E-state index in [0.29, 0.717) is 13.0 Å². The largest absolute Gasteiger partial charge is 0.464 e. The summed E-state index contributed by atoms with van der Waals surface area (Å²) in [4.78, 5) is 14.7. The molecule has 0 aliphatic rings. The van der Waals surface area contributed by atoms with E-state index in [1.54, 1.807) is 6.26 Å². The first kappa shape index (κ1) is 19.2. The lowest BCUT2D eigenvalue weighted by Crippen LogP contribution is -2.35. The summed E-state index contributed by atoms with van der Waals surface area (Å²) in [5.41, 5.74) is 6.61. The summed E-state index contributed by atoms with van der Waals surface area (Å²) in [6.45, 7) is 6.79. The third kappa shape index (κ3) is 4.40. The van der Waals surface area contributed by atoms with Crippen LogP contribution in [0.5, 0.6) is 0 Å². The molecule has 0 aliphatic heterocycles. The Morgan fingerprint density at radius 3 is 2.41 bits per heavy atom. The predicted molar refractivity (Wildman–Crippen MR) is 110 cm³/mol. The highest BCUT2D eigenvalue weighted by atomic mass is 16.3. The Kier molecular flexibility index (Phi) is 5.66. The maximum absolute atomic E-state index is 12.5. The Balaban J connectivity index is 1.68. The van der Waals surface area contributed by atoms with E-state index >= 15 is 0 Å². The van der Waals surface area contributed by atoms with Gasteiger partial charge in [0.15, 0.2) is 0 Å². The molecule has 3 rings (SSSR count). The molecule has 4 nitrogen and oxygen atoms in total. The molecular formula is C23H28N2O2. The number of furan rings is 1. The zero-order valence-electron chi connectivity index (χ0n) is 16.8. The number of amides is 1. The Bertz CT molecular complexity index is 939. The van der Waals surface area contributed by atoms with Crippen LogP contribution in [-0.4, -0.2) is 31.4 Å². The molecule has 1 amide bonds. The molecule has 0 radical (unpaired) electrons. The average molecular weight is 364 g/mol. The van der Waals surface area contributed by atoms with E-state index in [9.17, 15) is 4.79 Å². The molecule has 0 saturated heterocycles. The van der Waals surface area contributed by atoms with Crippen LogP contribution in [0.15, 0.2) is 47.1 Å².